The predicted octanol–water partition coefficient (Wildman–Crippen LogP) is 3.19. The van der Waals surface area contributed by atoms with Gasteiger partial charge in [-0.3, -0.25) is 0 Å². The standard InChI is InChI=1S/C12H12N2S/c1-2-10-6-5-9-14-12(10)15-11-7-3-4-8-13-11/h3-9H,2H2,1H3. The van der Waals surface area contributed by atoms with Crippen LogP contribution in [0.15, 0.2) is 52.8 Å². The van der Waals surface area contributed by atoms with Crippen LogP contribution >= 0.6 is 11.8 Å². The molecule has 2 aromatic rings. The number of pyridine rings is 2. The Morgan fingerprint density at radius 3 is 2.67 bits per heavy atom. The van der Waals surface area contributed by atoms with Gasteiger partial charge in [0.05, 0.1) is 0 Å². The summed E-state index contributed by atoms with van der Waals surface area (Å²) < 4.78 is 0. The van der Waals surface area contributed by atoms with Crippen LogP contribution in [0.2, 0.25) is 0 Å². The molecule has 0 spiro atoms. The normalized spacial score (nSPS) is 10.2. The molecule has 0 saturated heterocycles. The van der Waals surface area contributed by atoms with Gasteiger partial charge in [0.15, 0.2) is 0 Å². The first kappa shape index (κ1) is 10.2. The van der Waals surface area contributed by atoms with Gasteiger partial charge in [-0.1, -0.05) is 19.1 Å². The molecule has 3 heteroatoms. The number of aryl methyl sites for hydroxylation is 1. The molecular weight excluding hydrogens is 204 g/mol. The maximum atomic E-state index is 4.37. The molecule has 2 aromatic heterocycles. The van der Waals surface area contributed by atoms with Gasteiger partial charge in [-0.05, 0) is 41.9 Å². The van der Waals surface area contributed by atoms with Gasteiger partial charge < -0.3 is 0 Å². The fourth-order valence-corrected chi connectivity index (χ4v) is 2.21. The van der Waals surface area contributed by atoms with Crippen molar-refractivity contribution in [3.8, 4) is 0 Å². The summed E-state index contributed by atoms with van der Waals surface area (Å²) >= 11 is 1.62. The topological polar surface area (TPSA) is 25.8 Å². The van der Waals surface area contributed by atoms with E-state index in [1.54, 1.807) is 18.0 Å². The van der Waals surface area contributed by atoms with E-state index in [1.807, 2.05) is 30.5 Å². The van der Waals surface area contributed by atoms with Gasteiger partial charge >= 0.3 is 0 Å². The Kier molecular flexibility index (Phi) is 3.35. The zero-order valence-electron chi connectivity index (χ0n) is 8.55. The van der Waals surface area contributed by atoms with Crippen LogP contribution in [-0.2, 0) is 6.42 Å². The number of hydrogen-bond acceptors (Lipinski definition) is 3. The van der Waals surface area contributed by atoms with E-state index in [9.17, 15) is 0 Å². The Bertz CT molecular complexity index is 429. The quantitative estimate of drug-likeness (QED) is 0.788. The van der Waals surface area contributed by atoms with E-state index in [-0.39, 0.29) is 0 Å². The van der Waals surface area contributed by atoms with E-state index in [4.69, 9.17) is 0 Å². The molecule has 0 fully saturated rings. The fraction of sp³-hybridized carbons (Fsp3) is 0.167. The molecule has 0 aliphatic carbocycles. The van der Waals surface area contributed by atoms with Crippen LogP contribution < -0.4 is 0 Å². The van der Waals surface area contributed by atoms with E-state index in [0.717, 1.165) is 16.5 Å². The summed E-state index contributed by atoms with van der Waals surface area (Å²) in [5.41, 5.74) is 1.27. The summed E-state index contributed by atoms with van der Waals surface area (Å²) in [5, 5.41) is 2.05. The van der Waals surface area contributed by atoms with Crippen LogP contribution in [0.5, 0.6) is 0 Å². The van der Waals surface area contributed by atoms with Crippen molar-refractivity contribution in [1.82, 2.24) is 9.97 Å². The molecule has 76 valence electrons. The van der Waals surface area contributed by atoms with E-state index >= 15 is 0 Å². The molecule has 0 amide bonds. The van der Waals surface area contributed by atoms with Gasteiger partial charge in [0.2, 0.25) is 0 Å². The van der Waals surface area contributed by atoms with E-state index in [0.29, 0.717) is 0 Å². The van der Waals surface area contributed by atoms with Crippen LogP contribution in [0.25, 0.3) is 0 Å². The molecule has 15 heavy (non-hydrogen) atoms. The second-order valence-electron chi connectivity index (χ2n) is 3.09. The van der Waals surface area contributed by atoms with E-state index in [1.165, 1.54) is 5.56 Å². The van der Waals surface area contributed by atoms with Gasteiger partial charge in [0, 0.05) is 12.4 Å². The molecule has 2 rings (SSSR count). The molecule has 0 atom stereocenters. The van der Waals surface area contributed by atoms with Crippen LogP contribution in [-0.4, -0.2) is 9.97 Å². The molecule has 2 heterocycles. The Hall–Kier alpha value is -1.35. The highest BCUT2D eigenvalue weighted by Crippen LogP contribution is 2.26. The fourth-order valence-electron chi connectivity index (χ4n) is 1.29. The molecule has 0 aliphatic heterocycles. The van der Waals surface area contributed by atoms with Crippen molar-refractivity contribution in [2.24, 2.45) is 0 Å². The van der Waals surface area contributed by atoms with Crippen LogP contribution in [0.4, 0.5) is 0 Å². The van der Waals surface area contributed by atoms with Crippen molar-refractivity contribution in [2.75, 3.05) is 0 Å². The highest BCUT2D eigenvalue weighted by atomic mass is 32.2. The summed E-state index contributed by atoms with van der Waals surface area (Å²) in [6.45, 7) is 2.14. The average Bonchev–Trinajstić information content (AvgIpc) is 2.31. The van der Waals surface area contributed by atoms with Crippen molar-refractivity contribution < 1.29 is 0 Å². The number of rotatable bonds is 3. The lowest BCUT2D eigenvalue weighted by Gasteiger charge is -2.04. The number of aromatic nitrogens is 2. The van der Waals surface area contributed by atoms with Gasteiger partial charge in [0.1, 0.15) is 10.1 Å². The summed E-state index contributed by atoms with van der Waals surface area (Å²) in [6, 6.07) is 9.99. The lowest BCUT2D eigenvalue weighted by Crippen LogP contribution is -1.89. The Morgan fingerprint density at radius 2 is 1.93 bits per heavy atom. The van der Waals surface area contributed by atoms with Crippen molar-refractivity contribution in [1.29, 1.82) is 0 Å². The van der Waals surface area contributed by atoms with Gasteiger partial charge in [-0.15, -0.1) is 0 Å². The van der Waals surface area contributed by atoms with Crippen molar-refractivity contribution >= 4 is 11.8 Å². The van der Waals surface area contributed by atoms with Crippen LogP contribution in [0, 0.1) is 0 Å². The molecule has 0 aromatic carbocycles. The smallest absolute Gasteiger partial charge is 0.105 e. The third-order valence-electron chi connectivity index (χ3n) is 2.07. The largest absolute Gasteiger partial charge is 0.250 e. The third-order valence-corrected chi connectivity index (χ3v) is 3.08. The molecule has 0 unspecified atom stereocenters. The van der Waals surface area contributed by atoms with E-state index in [2.05, 4.69) is 23.0 Å². The minimum absolute atomic E-state index is 0.992. The maximum absolute atomic E-state index is 4.37. The highest BCUT2D eigenvalue weighted by Gasteiger charge is 2.03. The molecule has 2 nitrogen and oxygen atoms in total. The molecule has 0 N–H and O–H groups in total. The predicted molar refractivity (Wildman–Crippen MR) is 62.0 cm³/mol. The zero-order chi connectivity index (χ0) is 10.5. The minimum Gasteiger partial charge on any atom is -0.250 e. The number of hydrogen-bond donors (Lipinski definition) is 0. The Balaban J connectivity index is 2.24. The summed E-state index contributed by atoms with van der Waals surface area (Å²) in [5.74, 6) is 0. The zero-order valence-corrected chi connectivity index (χ0v) is 9.37. The van der Waals surface area contributed by atoms with Crippen LogP contribution in [0.1, 0.15) is 12.5 Å². The lowest BCUT2D eigenvalue weighted by molar-refractivity contribution is 0.988. The second-order valence-corrected chi connectivity index (χ2v) is 4.10. The third kappa shape index (κ3) is 2.57. The lowest BCUT2D eigenvalue weighted by atomic mass is 10.2. The Labute approximate surface area is 93.8 Å². The van der Waals surface area contributed by atoms with Gasteiger partial charge in [-0.25, -0.2) is 9.97 Å². The summed E-state index contributed by atoms with van der Waals surface area (Å²) in [7, 11) is 0. The summed E-state index contributed by atoms with van der Waals surface area (Å²) in [4.78, 5) is 8.64. The van der Waals surface area contributed by atoms with Crippen molar-refractivity contribution in [2.45, 2.75) is 23.4 Å². The SMILES string of the molecule is CCc1cccnc1Sc1ccccn1. The molecular formula is C12H12N2S. The first-order valence-electron chi connectivity index (χ1n) is 4.93. The Morgan fingerprint density at radius 1 is 1.07 bits per heavy atom. The number of nitrogens with zero attached hydrogens (tertiary/aromatic N) is 2. The molecule has 0 bridgehead atoms. The average molecular weight is 216 g/mol. The van der Waals surface area contributed by atoms with Crippen molar-refractivity contribution in [3.63, 3.8) is 0 Å². The molecule has 0 aliphatic rings. The maximum Gasteiger partial charge on any atom is 0.105 e. The van der Waals surface area contributed by atoms with Crippen LogP contribution in [0.3, 0.4) is 0 Å². The summed E-state index contributed by atoms with van der Waals surface area (Å²) in [6.07, 6.45) is 4.63. The van der Waals surface area contributed by atoms with Gasteiger partial charge in [-0.2, -0.15) is 0 Å². The second kappa shape index (κ2) is 4.94. The minimum atomic E-state index is 0.992. The highest BCUT2D eigenvalue weighted by molar-refractivity contribution is 7.99. The van der Waals surface area contributed by atoms with Gasteiger partial charge in [0.25, 0.3) is 0 Å². The molecule has 0 radical (unpaired) electrons. The monoisotopic (exact) mass is 216 g/mol. The molecule has 0 saturated carbocycles. The first-order chi connectivity index (χ1) is 7.40. The van der Waals surface area contributed by atoms with E-state index < -0.39 is 0 Å². The van der Waals surface area contributed by atoms with Crippen molar-refractivity contribution in [3.05, 3.63) is 48.3 Å². The first-order valence-corrected chi connectivity index (χ1v) is 5.74.